The molecule has 13 heteroatoms. The van der Waals surface area contributed by atoms with Crippen LogP contribution in [-0.2, 0) is 19.1 Å². The van der Waals surface area contributed by atoms with E-state index in [1.807, 2.05) is 17.3 Å². The standard InChI is InChI=1S/C30H39FN6O5S/c1-6-42-28(39)24-23(16-36-11-12-37(18-38)20(15-36)14-35(5)17-30(3,4)29(40)41)33-26(27-32-10-13-43-27)34-25(24)21-8-7-9-22(31)19(21)2/h7-10,13,18,20,25H,6,11-12,14-17H2,1-5H3,(H,33,34)(H,40,41)/t20-,25+/m1/s1. The molecule has 232 valence electrons. The first-order valence-corrected chi connectivity index (χ1v) is 15.1. The van der Waals surface area contributed by atoms with Crippen LogP contribution < -0.4 is 5.32 Å². The van der Waals surface area contributed by atoms with Crippen LogP contribution in [0.2, 0.25) is 0 Å². The molecule has 0 radical (unpaired) electrons. The predicted octanol–water partition coefficient (Wildman–Crippen LogP) is 2.68. The molecule has 43 heavy (non-hydrogen) atoms. The number of likely N-dealkylation sites (N-methyl/N-ethyl adjacent to an activating group) is 1. The molecule has 0 bridgehead atoms. The van der Waals surface area contributed by atoms with Gasteiger partial charge in [-0.05, 0) is 51.9 Å². The van der Waals surface area contributed by atoms with Gasteiger partial charge in [-0.15, -0.1) is 11.3 Å². The second kappa shape index (κ2) is 13.7. The average molecular weight is 615 g/mol. The minimum atomic E-state index is -0.948. The van der Waals surface area contributed by atoms with Gasteiger partial charge in [-0.1, -0.05) is 12.1 Å². The van der Waals surface area contributed by atoms with Gasteiger partial charge in [0.15, 0.2) is 10.8 Å². The Labute approximate surface area is 255 Å². The van der Waals surface area contributed by atoms with Crippen LogP contribution >= 0.6 is 11.3 Å². The highest BCUT2D eigenvalue weighted by Crippen LogP contribution is 2.35. The Balaban J connectivity index is 1.67. The Morgan fingerprint density at radius 2 is 2.09 bits per heavy atom. The lowest BCUT2D eigenvalue weighted by molar-refractivity contribution is -0.148. The fourth-order valence-corrected chi connectivity index (χ4v) is 6.12. The molecular weight excluding hydrogens is 575 g/mol. The maximum Gasteiger partial charge on any atom is 0.338 e. The Morgan fingerprint density at radius 3 is 2.74 bits per heavy atom. The van der Waals surface area contributed by atoms with Gasteiger partial charge in [0.1, 0.15) is 11.9 Å². The van der Waals surface area contributed by atoms with Gasteiger partial charge < -0.3 is 25.0 Å². The minimum Gasteiger partial charge on any atom is -0.481 e. The van der Waals surface area contributed by atoms with Crippen molar-refractivity contribution in [2.24, 2.45) is 10.4 Å². The number of ether oxygens (including phenoxy) is 1. The normalized spacial score (nSPS) is 19.7. The van der Waals surface area contributed by atoms with Gasteiger partial charge in [0.25, 0.3) is 0 Å². The third-order valence-electron chi connectivity index (χ3n) is 7.76. The number of hydrogen-bond donors (Lipinski definition) is 2. The number of carboxylic acid groups (broad SMARTS) is 1. The molecule has 1 fully saturated rings. The minimum absolute atomic E-state index is 0.159. The molecule has 1 saturated heterocycles. The number of benzene rings is 1. The van der Waals surface area contributed by atoms with E-state index < -0.39 is 29.2 Å². The van der Waals surface area contributed by atoms with Crippen molar-refractivity contribution < 1.29 is 28.6 Å². The molecule has 1 aromatic heterocycles. The number of halogens is 1. The first kappa shape index (κ1) is 32.2. The van der Waals surface area contributed by atoms with Crippen molar-refractivity contribution in [2.45, 2.75) is 39.8 Å². The Kier molecular flexibility index (Phi) is 10.3. The zero-order valence-corrected chi connectivity index (χ0v) is 26.0. The summed E-state index contributed by atoms with van der Waals surface area (Å²) >= 11 is 1.40. The van der Waals surface area contributed by atoms with Crippen LogP contribution in [0.15, 0.2) is 46.0 Å². The first-order valence-electron chi connectivity index (χ1n) is 14.2. The van der Waals surface area contributed by atoms with Crippen LogP contribution in [0.5, 0.6) is 0 Å². The van der Waals surface area contributed by atoms with Crippen molar-refractivity contribution >= 4 is 35.5 Å². The van der Waals surface area contributed by atoms with E-state index in [9.17, 15) is 23.9 Å². The van der Waals surface area contributed by atoms with Crippen molar-refractivity contribution in [1.29, 1.82) is 0 Å². The number of nitrogens with one attached hydrogen (secondary N) is 1. The summed E-state index contributed by atoms with van der Waals surface area (Å²) in [7, 11) is 1.85. The molecule has 0 unspecified atom stereocenters. The highest BCUT2D eigenvalue weighted by Gasteiger charge is 2.37. The maximum absolute atomic E-state index is 14.7. The lowest BCUT2D eigenvalue weighted by Crippen LogP contribution is -2.57. The fourth-order valence-electron chi connectivity index (χ4n) is 5.53. The van der Waals surface area contributed by atoms with Gasteiger partial charge in [0, 0.05) is 56.5 Å². The third-order valence-corrected chi connectivity index (χ3v) is 8.54. The number of carboxylic acids is 1. The molecule has 2 aromatic rings. The molecule has 4 rings (SSSR count). The molecule has 1 aromatic carbocycles. The van der Waals surface area contributed by atoms with E-state index in [-0.39, 0.29) is 12.6 Å². The summed E-state index contributed by atoms with van der Waals surface area (Å²) in [6.07, 6.45) is 2.50. The summed E-state index contributed by atoms with van der Waals surface area (Å²) < 4.78 is 20.2. The van der Waals surface area contributed by atoms with Crippen LogP contribution in [0.25, 0.3) is 0 Å². The lowest BCUT2D eigenvalue weighted by atomic mass is 9.92. The number of aromatic nitrogens is 1. The van der Waals surface area contributed by atoms with Gasteiger partial charge in [0.05, 0.1) is 23.6 Å². The van der Waals surface area contributed by atoms with Crippen LogP contribution in [0, 0.1) is 18.2 Å². The van der Waals surface area contributed by atoms with Gasteiger partial charge in [-0.3, -0.25) is 19.5 Å². The van der Waals surface area contributed by atoms with E-state index in [0.717, 1.165) is 6.41 Å². The number of aliphatic imine (C=N–C) groups is 1. The van der Waals surface area contributed by atoms with Gasteiger partial charge in [-0.2, -0.15) is 0 Å². The van der Waals surface area contributed by atoms with E-state index >= 15 is 0 Å². The number of carbonyl (C=O) groups is 3. The van der Waals surface area contributed by atoms with Crippen LogP contribution in [-0.4, -0.2) is 108 Å². The van der Waals surface area contributed by atoms with E-state index in [1.165, 1.54) is 17.4 Å². The number of piperazine rings is 1. The number of amides is 1. The van der Waals surface area contributed by atoms with Gasteiger partial charge in [0.2, 0.25) is 6.41 Å². The second-order valence-electron chi connectivity index (χ2n) is 11.5. The molecule has 2 aliphatic rings. The van der Waals surface area contributed by atoms with E-state index in [0.29, 0.717) is 72.5 Å². The number of esters is 1. The second-order valence-corrected chi connectivity index (χ2v) is 12.4. The summed E-state index contributed by atoms with van der Waals surface area (Å²) in [5.74, 6) is -1.35. The molecule has 0 aliphatic carbocycles. The zero-order chi connectivity index (χ0) is 31.3. The zero-order valence-electron chi connectivity index (χ0n) is 25.2. The summed E-state index contributed by atoms with van der Waals surface area (Å²) in [4.78, 5) is 52.2. The SMILES string of the molecule is CCOC(=O)C1=C(CN2CCN(C=O)[C@H](CN(C)CC(C)(C)C(=O)O)C2)NC(c2nccs2)=N[C@H]1c1cccc(F)c1C. The predicted molar refractivity (Wildman–Crippen MR) is 161 cm³/mol. The molecule has 11 nitrogen and oxygen atoms in total. The number of thiazole rings is 1. The monoisotopic (exact) mass is 614 g/mol. The number of hydrogen-bond acceptors (Lipinski definition) is 10. The molecule has 3 heterocycles. The molecule has 0 saturated carbocycles. The highest BCUT2D eigenvalue weighted by molar-refractivity contribution is 7.11. The van der Waals surface area contributed by atoms with E-state index in [1.54, 1.807) is 50.9 Å². The summed E-state index contributed by atoms with van der Waals surface area (Å²) in [6.45, 7) is 9.51. The molecular formula is C30H39FN6O5S. The van der Waals surface area contributed by atoms with Crippen molar-refractivity contribution in [3.8, 4) is 0 Å². The van der Waals surface area contributed by atoms with E-state index in [4.69, 9.17) is 9.73 Å². The largest absolute Gasteiger partial charge is 0.481 e. The average Bonchev–Trinajstić information content (AvgIpc) is 3.49. The van der Waals surface area contributed by atoms with Crippen molar-refractivity contribution in [3.05, 3.63) is 63.0 Å². The maximum atomic E-state index is 14.7. The molecule has 2 aliphatic heterocycles. The molecule has 2 atom stereocenters. The van der Waals surface area contributed by atoms with Gasteiger partial charge >= 0.3 is 11.9 Å². The van der Waals surface area contributed by atoms with Crippen molar-refractivity contribution in [2.75, 3.05) is 52.9 Å². The fraction of sp³-hybridized carbons (Fsp3) is 0.500. The third kappa shape index (κ3) is 7.46. The molecule has 2 N–H and O–H groups in total. The number of aliphatic carboxylic acids is 1. The summed E-state index contributed by atoms with van der Waals surface area (Å²) in [5, 5.41) is 15.4. The molecule has 0 spiro atoms. The van der Waals surface area contributed by atoms with E-state index in [2.05, 4.69) is 15.2 Å². The number of amidine groups is 1. The first-order chi connectivity index (χ1) is 20.4. The van der Waals surface area contributed by atoms with Crippen LogP contribution in [0.4, 0.5) is 4.39 Å². The Hall–Kier alpha value is -3.68. The number of carbonyl (C=O) groups excluding carboxylic acids is 2. The van der Waals surface area contributed by atoms with Crippen LogP contribution in [0.1, 0.15) is 42.9 Å². The smallest absolute Gasteiger partial charge is 0.338 e. The highest BCUT2D eigenvalue weighted by atomic mass is 32.1. The molecule has 1 amide bonds. The summed E-state index contributed by atoms with van der Waals surface area (Å²) in [5.41, 5.74) is 0.875. The summed E-state index contributed by atoms with van der Waals surface area (Å²) in [6, 6.07) is 3.72. The van der Waals surface area contributed by atoms with Crippen molar-refractivity contribution in [3.63, 3.8) is 0 Å². The number of nitrogens with zero attached hydrogens (tertiary/aromatic N) is 5. The van der Waals surface area contributed by atoms with Crippen molar-refractivity contribution in [1.82, 2.24) is 25.0 Å². The Morgan fingerprint density at radius 1 is 1.33 bits per heavy atom. The quantitative estimate of drug-likeness (QED) is 0.274. The lowest BCUT2D eigenvalue weighted by Gasteiger charge is -2.42. The Bertz CT molecular complexity index is 1400. The van der Waals surface area contributed by atoms with Crippen LogP contribution in [0.3, 0.4) is 0 Å². The van der Waals surface area contributed by atoms with Gasteiger partial charge in [-0.25, -0.2) is 14.2 Å². The topological polar surface area (TPSA) is 128 Å². The number of rotatable bonds is 12.